The highest BCUT2D eigenvalue weighted by atomic mass is 32.2. The molecule has 31 heavy (non-hydrogen) atoms. The monoisotopic (exact) mass is 434 g/mol. The van der Waals surface area contributed by atoms with Gasteiger partial charge in [-0.3, -0.25) is 5.01 Å². The molecule has 1 aliphatic heterocycles. The lowest BCUT2D eigenvalue weighted by Crippen LogP contribution is -2.33. The summed E-state index contributed by atoms with van der Waals surface area (Å²) in [6.07, 6.45) is 0. The van der Waals surface area contributed by atoms with Gasteiger partial charge in [0, 0.05) is 12.6 Å². The van der Waals surface area contributed by atoms with Crippen LogP contribution >= 0.6 is 0 Å². The van der Waals surface area contributed by atoms with E-state index < -0.39 is 10.0 Å². The molecule has 0 saturated heterocycles. The van der Waals surface area contributed by atoms with Crippen LogP contribution in [0.25, 0.3) is 0 Å². The van der Waals surface area contributed by atoms with Crippen molar-refractivity contribution in [3.05, 3.63) is 108 Å². The van der Waals surface area contributed by atoms with Crippen LogP contribution in [-0.2, 0) is 14.9 Å². The number of nitrogens with zero attached hydrogens (tertiary/aromatic N) is 3. The molecule has 3 aromatic rings. The molecular weight excluding hydrogens is 412 g/mol. The first-order valence-electron chi connectivity index (χ1n) is 9.66. The molecule has 8 heteroatoms. The van der Waals surface area contributed by atoms with Crippen molar-refractivity contribution in [3.63, 3.8) is 0 Å². The molecule has 1 heterocycles. The van der Waals surface area contributed by atoms with Gasteiger partial charge in [-0.05, 0) is 31.2 Å². The summed E-state index contributed by atoms with van der Waals surface area (Å²) in [4.78, 5) is 6.11. The Morgan fingerprint density at radius 2 is 1.42 bits per heavy atom. The van der Waals surface area contributed by atoms with E-state index in [9.17, 15) is 8.42 Å². The van der Waals surface area contributed by atoms with Gasteiger partial charge in [0.15, 0.2) is 5.84 Å². The van der Waals surface area contributed by atoms with Crippen molar-refractivity contribution in [2.75, 3.05) is 12.2 Å². The summed E-state index contributed by atoms with van der Waals surface area (Å²) in [5.41, 5.74) is 2.22. The molecule has 158 valence electrons. The molecule has 1 aliphatic rings. The highest BCUT2D eigenvalue weighted by Gasteiger charge is 2.29. The maximum absolute atomic E-state index is 12.9. The van der Waals surface area contributed by atoms with E-state index in [1.165, 1.54) is 12.1 Å². The second kappa shape index (κ2) is 8.53. The number of rotatable bonds is 5. The third-order valence-corrected chi connectivity index (χ3v) is 6.06. The molecule has 3 aromatic carbocycles. The maximum Gasteiger partial charge on any atom is 0.284 e. The summed E-state index contributed by atoms with van der Waals surface area (Å²) in [6, 6.07) is 26.8. The van der Waals surface area contributed by atoms with E-state index in [4.69, 9.17) is 4.84 Å². The second-order valence-corrected chi connectivity index (χ2v) is 8.46. The number of nitrogens with one attached hydrogen (secondary N) is 1. The molecule has 0 spiro atoms. The Labute approximate surface area is 181 Å². The number of para-hydroxylation sites is 1. The zero-order valence-electron chi connectivity index (χ0n) is 17.1. The van der Waals surface area contributed by atoms with E-state index in [0.29, 0.717) is 11.4 Å². The molecule has 1 N–H and O–H groups in total. The minimum Gasteiger partial charge on any atom is -0.339 e. The van der Waals surface area contributed by atoms with Gasteiger partial charge in [-0.25, -0.2) is 0 Å². The summed E-state index contributed by atoms with van der Waals surface area (Å²) >= 11 is 0. The fourth-order valence-corrected chi connectivity index (χ4v) is 4.01. The Morgan fingerprint density at radius 1 is 0.871 bits per heavy atom. The van der Waals surface area contributed by atoms with Crippen molar-refractivity contribution in [1.82, 2.24) is 10.3 Å². The molecule has 0 fully saturated rings. The Balaban J connectivity index is 1.69. The number of benzene rings is 3. The number of hydrogen-bond donors (Lipinski definition) is 1. The minimum absolute atomic E-state index is 0.117. The first-order chi connectivity index (χ1) is 15.0. The van der Waals surface area contributed by atoms with Gasteiger partial charge >= 0.3 is 0 Å². The third kappa shape index (κ3) is 4.39. The predicted molar refractivity (Wildman–Crippen MR) is 120 cm³/mol. The van der Waals surface area contributed by atoms with Gasteiger partial charge in [0.25, 0.3) is 10.0 Å². The highest BCUT2D eigenvalue weighted by Crippen LogP contribution is 2.27. The van der Waals surface area contributed by atoms with Crippen molar-refractivity contribution in [2.45, 2.75) is 11.8 Å². The molecule has 0 saturated carbocycles. The van der Waals surface area contributed by atoms with Crippen LogP contribution < -0.4 is 10.5 Å². The van der Waals surface area contributed by atoms with Crippen LogP contribution in [0.2, 0.25) is 0 Å². The van der Waals surface area contributed by atoms with Crippen LogP contribution in [0.4, 0.5) is 5.69 Å². The molecular formula is C23H22N4O3S. The lowest BCUT2D eigenvalue weighted by Gasteiger charge is -2.25. The molecule has 0 bridgehead atoms. The van der Waals surface area contributed by atoms with Crippen molar-refractivity contribution in [1.29, 1.82) is 0 Å². The Morgan fingerprint density at radius 3 is 2.03 bits per heavy atom. The highest BCUT2D eigenvalue weighted by molar-refractivity contribution is 7.90. The Bertz CT molecular complexity index is 1210. The first kappa shape index (κ1) is 20.5. The topological polar surface area (TPSA) is 74.2 Å². The molecule has 0 unspecified atom stereocenters. The van der Waals surface area contributed by atoms with Crippen LogP contribution in [-0.4, -0.2) is 26.3 Å². The number of amidine groups is 1. The summed E-state index contributed by atoms with van der Waals surface area (Å²) in [6.45, 7) is 1.87. The molecule has 0 atom stereocenters. The van der Waals surface area contributed by atoms with Gasteiger partial charge in [0.1, 0.15) is 0 Å². The number of anilines is 1. The van der Waals surface area contributed by atoms with E-state index in [-0.39, 0.29) is 10.7 Å². The van der Waals surface area contributed by atoms with Gasteiger partial charge in [0.05, 0.1) is 16.3 Å². The van der Waals surface area contributed by atoms with Gasteiger partial charge in [-0.2, -0.15) is 8.42 Å². The van der Waals surface area contributed by atoms with Crippen molar-refractivity contribution in [2.24, 2.45) is 4.40 Å². The van der Waals surface area contributed by atoms with Crippen LogP contribution in [0.1, 0.15) is 12.5 Å². The van der Waals surface area contributed by atoms with Crippen LogP contribution in [0.15, 0.2) is 112 Å². The van der Waals surface area contributed by atoms with E-state index >= 15 is 0 Å². The number of sulfonamides is 1. The van der Waals surface area contributed by atoms with Crippen molar-refractivity contribution < 1.29 is 13.3 Å². The molecule has 0 radical (unpaired) electrons. The lowest BCUT2D eigenvalue weighted by molar-refractivity contribution is 0.116. The van der Waals surface area contributed by atoms with Gasteiger partial charge < -0.3 is 10.2 Å². The number of allylic oxidation sites excluding steroid dienone is 1. The quantitative estimate of drug-likeness (QED) is 0.485. The van der Waals surface area contributed by atoms with E-state index in [0.717, 1.165) is 11.4 Å². The van der Waals surface area contributed by atoms with Crippen LogP contribution in [0.3, 0.4) is 0 Å². The number of hydrazine groups is 1. The largest absolute Gasteiger partial charge is 0.339 e. The zero-order valence-corrected chi connectivity index (χ0v) is 18.0. The van der Waals surface area contributed by atoms with E-state index in [1.54, 1.807) is 35.5 Å². The molecule has 0 aromatic heterocycles. The molecule has 0 amide bonds. The molecule has 7 nitrogen and oxygen atoms in total. The van der Waals surface area contributed by atoms with Gasteiger partial charge in [-0.15, -0.1) is 9.57 Å². The normalized spacial score (nSPS) is 14.6. The van der Waals surface area contributed by atoms with Gasteiger partial charge in [-0.1, -0.05) is 66.7 Å². The standard InChI is InChI=1S/C23H22N4O3S/c1-18-23(30-27(26(18)2)20-14-8-4-9-15-20)24-22(19-12-6-3-7-13-19)25-31(28,29)21-16-10-5-11-17-21/h3-17H,1-2H3,(H,24,25). The summed E-state index contributed by atoms with van der Waals surface area (Å²) in [7, 11) is -2.07. The van der Waals surface area contributed by atoms with Crippen LogP contribution in [0, 0.1) is 0 Å². The van der Waals surface area contributed by atoms with Gasteiger partial charge in [0.2, 0.25) is 5.88 Å². The summed E-state index contributed by atoms with van der Waals surface area (Å²) < 4.78 is 29.9. The summed E-state index contributed by atoms with van der Waals surface area (Å²) in [5, 5.41) is 6.53. The fraction of sp³-hybridized carbons (Fsp3) is 0.0870. The Kier molecular flexibility index (Phi) is 5.64. The minimum atomic E-state index is -3.93. The zero-order chi connectivity index (χ0) is 21.8. The summed E-state index contributed by atoms with van der Waals surface area (Å²) in [5.74, 6) is 0.555. The van der Waals surface area contributed by atoms with E-state index in [1.807, 2.05) is 67.5 Å². The Hall–Kier alpha value is -3.78. The SMILES string of the molecule is CC1=C(NC(=NS(=O)(=O)c2ccccc2)c2ccccc2)ON(c2ccccc2)N1C. The number of hydrogen-bond acceptors (Lipinski definition) is 5. The predicted octanol–water partition coefficient (Wildman–Crippen LogP) is 3.90. The van der Waals surface area contributed by atoms with Crippen LogP contribution in [0.5, 0.6) is 0 Å². The van der Waals surface area contributed by atoms with Crippen molar-refractivity contribution >= 4 is 21.5 Å². The first-order valence-corrected chi connectivity index (χ1v) is 11.1. The van der Waals surface area contributed by atoms with Crippen molar-refractivity contribution in [3.8, 4) is 0 Å². The average molecular weight is 435 g/mol. The lowest BCUT2D eigenvalue weighted by atomic mass is 10.2. The smallest absolute Gasteiger partial charge is 0.284 e. The van der Waals surface area contributed by atoms with E-state index in [2.05, 4.69) is 9.71 Å². The average Bonchev–Trinajstić information content (AvgIpc) is 3.09. The fourth-order valence-electron chi connectivity index (χ4n) is 3.01. The maximum atomic E-state index is 12.9. The molecule has 4 rings (SSSR count). The molecule has 0 aliphatic carbocycles. The third-order valence-electron chi connectivity index (χ3n) is 4.77. The second-order valence-electron chi connectivity index (χ2n) is 6.86.